The molecule has 0 bridgehead atoms. The first kappa shape index (κ1) is 16.9. The first-order valence-electron chi connectivity index (χ1n) is 8.01. The number of carbonyl (C=O) groups excluding carboxylic acids is 1. The van der Waals surface area contributed by atoms with Crippen molar-refractivity contribution in [1.82, 2.24) is 0 Å². The highest BCUT2D eigenvalue weighted by Crippen LogP contribution is 2.35. The van der Waals surface area contributed by atoms with Crippen LogP contribution >= 0.6 is 0 Å². The molecule has 0 spiro atoms. The molecule has 1 unspecified atom stereocenters. The molecule has 1 rings (SSSR count). The first-order valence-corrected chi connectivity index (χ1v) is 8.01. The number of carbonyl (C=O) groups is 1. The van der Waals surface area contributed by atoms with Gasteiger partial charge in [0.05, 0.1) is 0 Å². The van der Waals surface area contributed by atoms with Gasteiger partial charge in [-0.2, -0.15) is 0 Å². The van der Waals surface area contributed by atoms with Gasteiger partial charge in [-0.3, -0.25) is 4.79 Å². The van der Waals surface area contributed by atoms with Crippen molar-refractivity contribution in [2.45, 2.75) is 66.2 Å². The van der Waals surface area contributed by atoms with E-state index in [1.807, 2.05) is 6.92 Å². The maximum absolute atomic E-state index is 11.9. The average molecular weight is 274 g/mol. The summed E-state index contributed by atoms with van der Waals surface area (Å²) in [6.07, 6.45) is 5.96. The minimum absolute atomic E-state index is 0.160. The van der Waals surface area contributed by atoms with Crippen molar-refractivity contribution in [3.63, 3.8) is 0 Å². The van der Waals surface area contributed by atoms with Crippen LogP contribution in [0.3, 0.4) is 0 Å². The molecule has 0 radical (unpaired) electrons. The lowest BCUT2D eigenvalue weighted by Gasteiger charge is -2.30. The Bertz CT molecular complexity index is 393. The summed E-state index contributed by atoms with van der Waals surface area (Å²) in [5.74, 6) is 1.12. The van der Waals surface area contributed by atoms with E-state index in [0.29, 0.717) is 18.1 Å². The maximum atomic E-state index is 11.9. The molecule has 1 aromatic rings. The second-order valence-electron chi connectivity index (χ2n) is 6.80. The summed E-state index contributed by atoms with van der Waals surface area (Å²) < 4.78 is 0. The Hall–Kier alpha value is -1.11. The molecular weight excluding hydrogens is 244 g/mol. The van der Waals surface area contributed by atoms with E-state index in [9.17, 15) is 4.79 Å². The van der Waals surface area contributed by atoms with Crippen molar-refractivity contribution in [3.8, 4) is 0 Å². The molecule has 1 nitrogen and oxygen atoms in total. The first-order chi connectivity index (χ1) is 9.45. The highest BCUT2D eigenvalue weighted by molar-refractivity contribution is 5.78. The summed E-state index contributed by atoms with van der Waals surface area (Å²) in [5, 5.41) is 0. The molecule has 0 saturated heterocycles. The van der Waals surface area contributed by atoms with E-state index in [0.717, 1.165) is 25.7 Å². The van der Waals surface area contributed by atoms with Crippen molar-refractivity contribution in [3.05, 3.63) is 35.9 Å². The lowest BCUT2D eigenvalue weighted by Crippen LogP contribution is -2.22. The summed E-state index contributed by atoms with van der Waals surface area (Å²) in [5.41, 5.74) is 1.54. The van der Waals surface area contributed by atoms with Gasteiger partial charge in [-0.15, -0.1) is 0 Å². The van der Waals surface area contributed by atoms with E-state index in [2.05, 4.69) is 51.1 Å². The molecule has 0 heterocycles. The molecule has 20 heavy (non-hydrogen) atoms. The molecule has 0 fully saturated rings. The average Bonchev–Trinajstić information content (AvgIpc) is 2.44. The molecule has 0 aromatic heterocycles. The molecule has 0 saturated carbocycles. The molecule has 0 N–H and O–H groups in total. The Morgan fingerprint density at radius 2 is 1.80 bits per heavy atom. The van der Waals surface area contributed by atoms with Crippen LogP contribution in [0.15, 0.2) is 30.3 Å². The van der Waals surface area contributed by atoms with Crippen molar-refractivity contribution in [2.24, 2.45) is 11.3 Å². The lowest BCUT2D eigenvalue weighted by molar-refractivity contribution is -0.121. The van der Waals surface area contributed by atoms with Crippen molar-refractivity contribution >= 4 is 5.78 Å². The summed E-state index contributed by atoms with van der Waals surface area (Å²) in [6, 6.07) is 10.6. The minimum atomic E-state index is 0.160. The van der Waals surface area contributed by atoms with E-state index in [1.165, 1.54) is 12.0 Å². The van der Waals surface area contributed by atoms with Gasteiger partial charge >= 0.3 is 0 Å². The van der Waals surface area contributed by atoms with Gasteiger partial charge in [-0.05, 0) is 36.2 Å². The molecule has 0 aliphatic rings. The van der Waals surface area contributed by atoms with Crippen LogP contribution in [0.2, 0.25) is 0 Å². The molecule has 112 valence electrons. The zero-order valence-electron chi connectivity index (χ0n) is 13.6. The number of aryl methyl sites for hydroxylation is 1. The highest BCUT2D eigenvalue weighted by Gasteiger charge is 2.26. The second-order valence-corrected chi connectivity index (χ2v) is 6.80. The van der Waals surface area contributed by atoms with Crippen LogP contribution in [0.4, 0.5) is 0 Å². The summed E-state index contributed by atoms with van der Waals surface area (Å²) in [6.45, 7) is 8.80. The minimum Gasteiger partial charge on any atom is -0.300 e. The molecular formula is C19H30O. The van der Waals surface area contributed by atoms with Gasteiger partial charge in [0, 0.05) is 12.8 Å². The maximum Gasteiger partial charge on any atom is 0.133 e. The predicted octanol–water partition coefficient (Wildman–Crippen LogP) is 5.43. The van der Waals surface area contributed by atoms with Gasteiger partial charge in [0.25, 0.3) is 0 Å². The van der Waals surface area contributed by atoms with Crippen molar-refractivity contribution in [1.29, 1.82) is 0 Å². The quantitative estimate of drug-likeness (QED) is 0.586. The van der Waals surface area contributed by atoms with Gasteiger partial charge in [0.2, 0.25) is 0 Å². The van der Waals surface area contributed by atoms with Crippen LogP contribution in [0, 0.1) is 11.3 Å². The molecule has 0 aliphatic heterocycles. The lowest BCUT2D eigenvalue weighted by atomic mass is 9.75. The third-order valence-corrected chi connectivity index (χ3v) is 4.20. The fourth-order valence-electron chi connectivity index (χ4n) is 2.63. The normalized spacial score (nSPS) is 14.2. The van der Waals surface area contributed by atoms with Crippen LogP contribution in [0.5, 0.6) is 0 Å². The van der Waals surface area contributed by atoms with Crippen molar-refractivity contribution < 1.29 is 4.79 Å². The van der Waals surface area contributed by atoms with E-state index in [1.54, 1.807) is 0 Å². The zero-order valence-corrected chi connectivity index (χ0v) is 13.6. The molecule has 0 aliphatic carbocycles. The van der Waals surface area contributed by atoms with Crippen LogP contribution in [-0.4, -0.2) is 5.78 Å². The van der Waals surface area contributed by atoms with Crippen LogP contribution in [0.1, 0.15) is 65.4 Å². The van der Waals surface area contributed by atoms with Crippen LogP contribution < -0.4 is 0 Å². The fourth-order valence-corrected chi connectivity index (χ4v) is 2.63. The summed E-state index contributed by atoms with van der Waals surface area (Å²) in [7, 11) is 0. The van der Waals surface area contributed by atoms with E-state index < -0.39 is 0 Å². The Balaban J connectivity index is 2.63. The highest BCUT2D eigenvalue weighted by atomic mass is 16.1. The Morgan fingerprint density at radius 1 is 1.15 bits per heavy atom. The summed E-state index contributed by atoms with van der Waals surface area (Å²) >= 11 is 0. The number of rotatable bonds is 9. The third kappa shape index (κ3) is 6.36. The second kappa shape index (κ2) is 8.24. The largest absolute Gasteiger partial charge is 0.300 e. The monoisotopic (exact) mass is 274 g/mol. The van der Waals surface area contributed by atoms with E-state index >= 15 is 0 Å². The number of hydrogen-bond acceptors (Lipinski definition) is 1. The summed E-state index contributed by atoms with van der Waals surface area (Å²) in [4.78, 5) is 11.9. The van der Waals surface area contributed by atoms with Crippen LogP contribution in [-0.2, 0) is 11.2 Å². The van der Waals surface area contributed by atoms with E-state index in [-0.39, 0.29) is 5.41 Å². The van der Waals surface area contributed by atoms with Gasteiger partial charge in [-0.1, -0.05) is 64.4 Å². The standard InChI is InChI=1S/C19H30O/c1-5-18(20)15-19(4,13-11-16(2)3)14-12-17-9-7-6-8-10-17/h6-10,16H,5,11-15H2,1-4H3. The Labute approximate surface area is 124 Å². The van der Waals surface area contributed by atoms with Gasteiger partial charge < -0.3 is 0 Å². The van der Waals surface area contributed by atoms with Gasteiger partial charge in [0.1, 0.15) is 5.78 Å². The molecule has 1 atom stereocenters. The topological polar surface area (TPSA) is 17.1 Å². The number of Topliss-reactive ketones (excluding diaryl/α,β-unsaturated/α-hetero) is 1. The molecule has 0 amide bonds. The molecule has 1 aromatic carbocycles. The zero-order chi connectivity index (χ0) is 15.0. The van der Waals surface area contributed by atoms with Crippen LogP contribution in [0.25, 0.3) is 0 Å². The molecule has 1 heteroatoms. The number of ketones is 1. The smallest absolute Gasteiger partial charge is 0.133 e. The Kier molecular flexibility index (Phi) is 6.98. The van der Waals surface area contributed by atoms with E-state index in [4.69, 9.17) is 0 Å². The SMILES string of the molecule is CCC(=O)CC(C)(CCc1ccccc1)CCC(C)C. The number of hydrogen-bond donors (Lipinski definition) is 0. The van der Waals surface area contributed by atoms with Gasteiger partial charge in [-0.25, -0.2) is 0 Å². The third-order valence-electron chi connectivity index (χ3n) is 4.20. The number of benzene rings is 1. The fraction of sp³-hybridized carbons (Fsp3) is 0.632. The Morgan fingerprint density at radius 3 is 2.35 bits per heavy atom. The van der Waals surface area contributed by atoms with Crippen molar-refractivity contribution in [2.75, 3.05) is 0 Å². The predicted molar refractivity (Wildman–Crippen MR) is 86.9 cm³/mol. The van der Waals surface area contributed by atoms with Gasteiger partial charge in [0.15, 0.2) is 0 Å².